The van der Waals surface area contributed by atoms with Gasteiger partial charge < -0.3 is 10.3 Å². The van der Waals surface area contributed by atoms with Crippen molar-refractivity contribution in [3.63, 3.8) is 0 Å². The average molecular weight is 294 g/mol. The first-order valence-electron chi connectivity index (χ1n) is 7.53. The van der Waals surface area contributed by atoms with E-state index in [-0.39, 0.29) is 5.54 Å². The number of imidazole rings is 1. The molecule has 0 aliphatic carbocycles. The Kier molecular flexibility index (Phi) is 3.49. The number of aryl methyl sites for hydroxylation is 2. The fourth-order valence-electron chi connectivity index (χ4n) is 2.70. The number of nitrogens with zero attached hydrogens (tertiary/aromatic N) is 3. The lowest BCUT2D eigenvalue weighted by molar-refractivity contribution is 0.441. The van der Waals surface area contributed by atoms with Crippen LogP contribution in [-0.4, -0.2) is 20.1 Å². The topological polar surface area (TPSA) is 56.7 Å². The lowest BCUT2D eigenvalue weighted by Gasteiger charge is -2.21. The van der Waals surface area contributed by atoms with Gasteiger partial charge in [0.25, 0.3) is 0 Å². The van der Waals surface area contributed by atoms with Gasteiger partial charge in [0.2, 0.25) is 0 Å². The molecular weight excluding hydrogens is 272 g/mol. The molecule has 0 radical (unpaired) electrons. The molecule has 1 aromatic carbocycles. The van der Waals surface area contributed by atoms with Crippen LogP contribution in [0.1, 0.15) is 25.0 Å². The smallest absolute Gasteiger partial charge is 0.160 e. The fourth-order valence-corrected chi connectivity index (χ4v) is 2.70. The van der Waals surface area contributed by atoms with E-state index in [0.29, 0.717) is 6.54 Å². The quantitative estimate of drug-likeness (QED) is 0.805. The van der Waals surface area contributed by atoms with Crippen molar-refractivity contribution in [2.24, 2.45) is 5.73 Å². The van der Waals surface area contributed by atoms with Crippen molar-refractivity contribution in [3.05, 3.63) is 47.7 Å². The van der Waals surface area contributed by atoms with Gasteiger partial charge in [-0.05, 0) is 44.9 Å². The molecule has 2 heterocycles. The summed E-state index contributed by atoms with van der Waals surface area (Å²) in [5.41, 5.74) is 11.2. The molecule has 0 bridgehead atoms. The van der Waals surface area contributed by atoms with Crippen molar-refractivity contribution in [1.29, 1.82) is 0 Å². The van der Waals surface area contributed by atoms with Crippen molar-refractivity contribution < 1.29 is 0 Å². The summed E-state index contributed by atoms with van der Waals surface area (Å²) in [5.74, 6) is 0.935. The van der Waals surface area contributed by atoms with Crippen molar-refractivity contribution >= 4 is 11.2 Å². The third-order valence-corrected chi connectivity index (χ3v) is 3.67. The van der Waals surface area contributed by atoms with Crippen LogP contribution in [0.2, 0.25) is 0 Å². The first-order chi connectivity index (χ1) is 10.3. The molecule has 0 unspecified atom stereocenters. The highest BCUT2D eigenvalue weighted by molar-refractivity contribution is 5.78. The molecule has 0 saturated heterocycles. The van der Waals surface area contributed by atoms with Crippen LogP contribution in [0.5, 0.6) is 0 Å². The highest BCUT2D eigenvalue weighted by Gasteiger charge is 2.20. The maximum Gasteiger partial charge on any atom is 0.160 e. The predicted molar refractivity (Wildman–Crippen MR) is 90.7 cm³/mol. The zero-order chi connectivity index (χ0) is 15.9. The molecule has 114 valence electrons. The molecule has 0 saturated carbocycles. The maximum atomic E-state index is 6.26. The second-order valence-electron chi connectivity index (χ2n) is 6.68. The summed E-state index contributed by atoms with van der Waals surface area (Å²) in [4.78, 5) is 9.42. The molecule has 0 spiro atoms. The summed E-state index contributed by atoms with van der Waals surface area (Å²) in [6, 6.07) is 10.4. The zero-order valence-electron chi connectivity index (χ0n) is 13.6. The Balaban J connectivity index is 2.28. The van der Waals surface area contributed by atoms with E-state index in [2.05, 4.69) is 34.7 Å². The first-order valence-corrected chi connectivity index (χ1v) is 7.53. The van der Waals surface area contributed by atoms with Gasteiger partial charge in [0, 0.05) is 23.8 Å². The molecule has 3 rings (SSSR count). The van der Waals surface area contributed by atoms with Gasteiger partial charge in [0.05, 0.1) is 0 Å². The summed E-state index contributed by atoms with van der Waals surface area (Å²) in [6.07, 6.45) is 1.88. The van der Waals surface area contributed by atoms with Gasteiger partial charge in [-0.15, -0.1) is 0 Å². The Hall–Kier alpha value is -2.20. The number of pyridine rings is 1. The number of fused-ring (bicyclic) bond motifs is 1. The van der Waals surface area contributed by atoms with E-state index in [0.717, 1.165) is 28.1 Å². The van der Waals surface area contributed by atoms with Gasteiger partial charge in [-0.2, -0.15) is 0 Å². The Labute approximate surface area is 131 Å². The molecule has 4 nitrogen and oxygen atoms in total. The van der Waals surface area contributed by atoms with Crippen molar-refractivity contribution in [3.8, 4) is 11.4 Å². The van der Waals surface area contributed by atoms with E-state index in [1.807, 2.05) is 39.1 Å². The number of aromatic nitrogens is 3. The summed E-state index contributed by atoms with van der Waals surface area (Å²) in [5, 5.41) is 0. The van der Waals surface area contributed by atoms with Crippen LogP contribution in [0.3, 0.4) is 0 Å². The number of hydrogen-bond acceptors (Lipinski definition) is 3. The third-order valence-electron chi connectivity index (χ3n) is 3.67. The van der Waals surface area contributed by atoms with Gasteiger partial charge in [0.15, 0.2) is 5.65 Å². The minimum Gasteiger partial charge on any atom is -0.324 e. The minimum absolute atomic E-state index is 0.336. The SMILES string of the molecule is Cc1cnc2c(c1)nc(-c1ccccc1C)n2CC(C)(C)N. The van der Waals surface area contributed by atoms with Crippen LogP contribution >= 0.6 is 0 Å². The number of benzene rings is 1. The highest BCUT2D eigenvalue weighted by atomic mass is 15.1. The van der Waals surface area contributed by atoms with Crippen molar-refractivity contribution in [2.45, 2.75) is 39.8 Å². The van der Waals surface area contributed by atoms with Gasteiger partial charge in [0.1, 0.15) is 11.3 Å². The van der Waals surface area contributed by atoms with E-state index in [4.69, 9.17) is 10.7 Å². The molecule has 0 aliphatic heterocycles. The minimum atomic E-state index is -0.336. The van der Waals surface area contributed by atoms with E-state index in [1.54, 1.807) is 0 Å². The average Bonchev–Trinajstić information content (AvgIpc) is 2.75. The highest BCUT2D eigenvalue weighted by Crippen LogP contribution is 2.27. The van der Waals surface area contributed by atoms with Crippen LogP contribution < -0.4 is 5.73 Å². The second kappa shape index (κ2) is 5.21. The Bertz CT molecular complexity index is 825. The van der Waals surface area contributed by atoms with Gasteiger partial charge in [-0.1, -0.05) is 24.3 Å². The van der Waals surface area contributed by atoms with Crippen LogP contribution in [0, 0.1) is 13.8 Å². The Morgan fingerprint density at radius 2 is 1.91 bits per heavy atom. The molecule has 2 aromatic heterocycles. The van der Waals surface area contributed by atoms with Crippen LogP contribution in [0.15, 0.2) is 36.5 Å². The molecule has 0 atom stereocenters. The largest absolute Gasteiger partial charge is 0.324 e. The van der Waals surface area contributed by atoms with Gasteiger partial charge in [-0.25, -0.2) is 9.97 Å². The molecule has 22 heavy (non-hydrogen) atoms. The molecular formula is C18H22N4. The second-order valence-corrected chi connectivity index (χ2v) is 6.68. The van der Waals surface area contributed by atoms with E-state index < -0.39 is 0 Å². The molecule has 0 fully saturated rings. The zero-order valence-corrected chi connectivity index (χ0v) is 13.6. The Morgan fingerprint density at radius 1 is 1.18 bits per heavy atom. The Morgan fingerprint density at radius 3 is 2.59 bits per heavy atom. The van der Waals surface area contributed by atoms with Crippen LogP contribution in [0.25, 0.3) is 22.6 Å². The molecule has 0 aliphatic rings. The van der Waals surface area contributed by atoms with E-state index in [9.17, 15) is 0 Å². The molecule has 3 aromatic rings. The molecule has 2 N–H and O–H groups in total. The fraction of sp³-hybridized carbons (Fsp3) is 0.333. The van der Waals surface area contributed by atoms with Crippen molar-refractivity contribution in [2.75, 3.05) is 0 Å². The van der Waals surface area contributed by atoms with E-state index in [1.165, 1.54) is 5.56 Å². The van der Waals surface area contributed by atoms with Crippen molar-refractivity contribution in [1.82, 2.24) is 14.5 Å². The third kappa shape index (κ3) is 2.74. The van der Waals surface area contributed by atoms with Crippen LogP contribution in [-0.2, 0) is 6.54 Å². The van der Waals surface area contributed by atoms with Gasteiger partial charge in [-0.3, -0.25) is 0 Å². The summed E-state index contributed by atoms with van der Waals surface area (Å²) < 4.78 is 2.14. The van der Waals surface area contributed by atoms with Gasteiger partial charge >= 0.3 is 0 Å². The van der Waals surface area contributed by atoms with E-state index >= 15 is 0 Å². The lowest BCUT2D eigenvalue weighted by atomic mass is 10.1. The number of nitrogens with two attached hydrogens (primary N) is 1. The first kappa shape index (κ1) is 14.7. The monoisotopic (exact) mass is 294 g/mol. The summed E-state index contributed by atoms with van der Waals surface area (Å²) in [7, 11) is 0. The lowest BCUT2D eigenvalue weighted by Crippen LogP contribution is -2.37. The molecule has 4 heteroatoms. The predicted octanol–water partition coefficient (Wildman–Crippen LogP) is 3.45. The van der Waals surface area contributed by atoms with Crippen LogP contribution in [0.4, 0.5) is 0 Å². The summed E-state index contributed by atoms with van der Waals surface area (Å²) >= 11 is 0. The normalized spacial score (nSPS) is 12.0. The number of rotatable bonds is 3. The standard InChI is InChI=1S/C18H22N4/c1-12-9-15-17(20-10-12)22(11-18(3,4)19)16(21-15)14-8-6-5-7-13(14)2/h5-10H,11,19H2,1-4H3. The maximum absolute atomic E-state index is 6.26. The number of hydrogen-bond donors (Lipinski definition) is 1. The summed E-state index contributed by atoms with van der Waals surface area (Å²) in [6.45, 7) is 8.85. The molecule has 0 amide bonds.